The van der Waals surface area contributed by atoms with Crippen LogP contribution < -0.4 is 0 Å². The summed E-state index contributed by atoms with van der Waals surface area (Å²) in [6, 6.07) is 10.1. The van der Waals surface area contributed by atoms with Gasteiger partial charge in [-0.3, -0.25) is 14.5 Å². The van der Waals surface area contributed by atoms with Crippen LogP contribution in [0.1, 0.15) is 36.8 Å². The fraction of sp³-hybridized carbons (Fsp3) is 0.381. The number of para-hydroxylation sites is 1. The summed E-state index contributed by atoms with van der Waals surface area (Å²) in [4.78, 5) is 19.1. The number of likely N-dealkylation sites (tertiary alicyclic amines) is 1. The van der Waals surface area contributed by atoms with Crippen molar-refractivity contribution < 1.29 is 4.79 Å². The maximum absolute atomic E-state index is 12.7. The molecule has 0 aliphatic carbocycles. The van der Waals surface area contributed by atoms with Gasteiger partial charge < -0.3 is 4.90 Å². The van der Waals surface area contributed by atoms with Gasteiger partial charge in [0.25, 0.3) is 0 Å². The maximum Gasteiger partial charge on any atom is 0.227 e. The molecule has 26 heavy (non-hydrogen) atoms. The lowest BCUT2D eigenvalue weighted by molar-refractivity contribution is -0.131. The topological polar surface area (TPSA) is 51.0 Å². The van der Waals surface area contributed by atoms with Crippen molar-refractivity contribution in [3.63, 3.8) is 0 Å². The zero-order valence-electron chi connectivity index (χ0n) is 15.1. The van der Waals surface area contributed by atoms with Crippen molar-refractivity contribution in [2.45, 2.75) is 38.6 Å². The molecule has 0 radical (unpaired) electrons. The molecule has 0 atom stereocenters. The summed E-state index contributed by atoms with van der Waals surface area (Å²) >= 11 is 0. The predicted octanol–water partition coefficient (Wildman–Crippen LogP) is 3.40. The highest BCUT2D eigenvalue weighted by atomic mass is 16.2. The second-order valence-electron chi connectivity index (χ2n) is 7.00. The molecule has 1 aliphatic heterocycles. The number of nitrogens with zero attached hydrogens (tertiary/aromatic N) is 4. The number of carbonyl (C=O) groups excluding carboxylic acids is 1. The van der Waals surface area contributed by atoms with Gasteiger partial charge in [0.2, 0.25) is 5.91 Å². The third-order valence-electron chi connectivity index (χ3n) is 5.30. The summed E-state index contributed by atoms with van der Waals surface area (Å²) in [5.74, 6) is 0.714. The molecule has 0 saturated carbocycles. The average molecular weight is 348 g/mol. The minimum atomic E-state index is 0.199. The average Bonchev–Trinajstić information content (AvgIpc) is 3.17. The molecule has 1 saturated heterocycles. The number of benzene rings is 1. The Hall–Kier alpha value is -2.69. The van der Waals surface area contributed by atoms with Crippen LogP contribution in [0.5, 0.6) is 0 Å². The number of carbonyl (C=O) groups is 1. The van der Waals surface area contributed by atoms with Crippen LogP contribution in [0.2, 0.25) is 0 Å². The molecule has 4 rings (SSSR count). The molecule has 0 spiro atoms. The normalized spacial score (nSPS) is 15.5. The molecule has 2 aromatic heterocycles. The van der Waals surface area contributed by atoms with Crippen LogP contribution >= 0.6 is 0 Å². The van der Waals surface area contributed by atoms with Gasteiger partial charge in [0.05, 0.1) is 18.1 Å². The minimum Gasteiger partial charge on any atom is -0.342 e. The standard InChI is InChI=1S/C21H24N4O/c1-2-25-15-19(14-23-25)17-7-9-24(10-8-17)21(26)12-16-11-18-5-3-4-6-20(18)22-13-16/h3-6,11,13-15,17H,2,7-10,12H2,1H3. The van der Waals surface area contributed by atoms with E-state index in [1.807, 2.05) is 46.2 Å². The zero-order valence-corrected chi connectivity index (χ0v) is 15.1. The van der Waals surface area contributed by atoms with Crippen molar-refractivity contribution in [2.75, 3.05) is 13.1 Å². The van der Waals surface area contributed by atoms with E-state index in [0.717, 1.165) is 48.9 Å². The molecule has 134 valence electrons. The lowest BCUT2D eigenvalue weighted by atomic mass is 9.91. The number of hydrogen-bond acceptors (Lipinski definition) is 3. The van der Waals surface area contributed by atoms with Crippen LogP contribution in [0.3, 0.4) is 0 Å². The van der Waals surface area contributed by atoms with E-state index in [1.165, 1.54) is 5.56 Å². The monoisotopic (exact) mass is 348 g/mol. The summed E-state index contributed by atoms with van der Waals surface area (Å²) in [6.45, 7) is 4.64. The number of hydrogen-bond donors (Lipinski definition) is 0. The van der Waals surface area contributed by atoms with Crippen molar-refractivity contribution in [1.29, 1.82) is 0 Å². The second-order valence-corrected chi connectivity index (χ2v) is 7.00. The molecule has 0 N–H and O–H groups in total. The van der Waals surface area contributed by atoms with Crippen LogP contribution in [0.4, 0.5) is 0 Å². The molecule has 0 bridgehead atoms. The summed E-state index contributed by atoms with van der Waals surface area (Å²) in [6.07, 6.45) is 8.39. The summed E-state index contributed by atoms with van der Waals surface area (Å²) < 4.78 is 1.97. The molecular formula is C21H24N4O. The summed E-state index contributed by atoms with van der Waals surface area (Å²) in [7, 11) is 0. The number of fused-ring (bicyclic) bond motifs is 1. The first-order valence-corrected chi connectivity index (χ1v) is 9.36. The first-order chi connectivity index (χ1) is 12.7. The summed E-state index contributed by atoms with van der Waals surface area (Å²) in [5.41, 5.74) is 3.26. The third kappa shape index (κ3) is 3.47. The Morgan fingerprint density at radius 1 is 1.19 bits per heavy atom. The van der Waals surface area contributed by atoms with Crippen LogP contribution in [-0.4, -0.2) is 38.7 Å². The highest BCUT2D eigenvalue weighted by molar-refractivity contribution is 5.82. The van der Waals surface area contributed by atoms with Gasteiger partial charge in [-0.1, -0.05) is 18.2 Å². The molecule has 1 aromatic carbocycles. The van der Waals surface area contributed by atoms with E-state index in [0.29, 0.717) is 12.3 Å². The van der Waals surface area contributed by atoms with Crippen molar-refractivity contribution in [3.05, 3.63) is 60.0 Å². The fourth-order valence-corrected chi connectivity index (χ4v) is 3.73. The fourth-order valence-electron chi connectivity index (χ4n) is 3.73. The number of pyridine rings is 1. The van der Waals surface area contributed by atoms with Crippen molar-refractivity contribution in [3.8, 4) is 0 Å². The van der Waals surface area contributed by atoms with Crippen LogP contribution in [0, 0.1) is 0 Å². The summed E-state index contributed by atoms with van der Waals surface area (Å²) in [5, 5.41) is 5.46. The smallest absolute Gasteiger partial charge is 0.227 e. The Labute approximate surface area is 153 Å². The number of aromatic nitrogens is 3. The van der Waals surface area contributed by atoms with E-state index in [2.05, 4.69) is 29.3 Å². The Kier molecular flexibility index (Phi) is 4.69. The largest absolute Gasteiger partial charge is 0.342 e. The van der Waals surface area contributed by atoms with Gasteiger partial charge >= 0.3 is 0 Å². The molecular weight excluding hydrogens is 324 g/mol. The van der Waals surface area contributed by atoms with Gasteiger partial charge in [0.1, 0.15) is 0 Å². The zero-order chi connectivity index (χ0) is 17.9. The van der Waals surface area contributed by atoms with E-state index < -0.39 is 0 Å². The van der Waals surface area contributed by atoms with E-state index in [-0.39, 0.29) is 5.91 Å². The Bertz CT molecular complexity index is 909. The maximum atomic E-state index is 12.7. The van der Waals surface area contributed by atoms with Gasteiger partial charge in [-0.05, 0) is 48.9 Å². The van der Waals surface area contributed by atoms with E-state index in [9.17, 15) is 4.79 Å². The van der Waals surface area contributed by atoms with Crippen molar-refractivity contribution in [1.82, 2.24) is 19.7 Å². The van der Waals surface area contributed by atoms with Crippen LogP contribution in [0.25, 0.3) is 10.9 Å². The highest BCUT2D eigenvalue weighted by Crippen LogP contribution is 2.28. The Morgan fingerprint density at radius 2 is 2.00 bits per heavy atom. The molecule has 5 heteroatoms. The number of aryl methyl sites for hydroxylation is 1. The Morgan fingerprint density at radius 3 is 2.77 bits per heavy atom. The molecule has 3 heterocycles. The SMILES string of the molecule is CCn1cc(C2CCN(C(=O)Cc3cnc4ccccc4c3)CC2)cn1. The predicted molar refractivity (Wildman–Crippen MR) is 102 cm³/mol. The lowest BCUT2D eigenvalue weighted by Crippen LogP contribution is -2.38. The van der Waals surface area contributed by atoms with Gasteiger partial charge in [-0.2, -0.15) is 5.10 Å². The highest BCUT2D eigenvalue weighted by Gasteiger charge is 2.24. The number of piperidine rings is 1. The van der Waals surface area contributed by atoms with E-state index in [1.54, 1.807) is 0 Å². The van der Waals surface area contributed by atoms with Crippen molar-refractivity contribution in [2.24, 2.45) is 0 Å². The van der Waals surface area contributed by atoms with Crippen LogP contribution in [0.15, 0.2) is 48.9 Å². The molecule has 1 amide bonds. The quantitative estimate of drug-likeness (QED) is 0.726. The first kappa shape index (κ1) is 16.8. The third-order valence-corrected chi connectivity index (χ3v) is 5.30. The number of amides is 1. The van der Waals surface area contributed by atoms with Gasteiger partial charge in [-0.15, -0.1) is 0 Å². The van der Waals surface area contributed by atoms with Crippen LogP contribution in [-0.2, 0) is 17.8 Å². The molecule has 5 nitrogen and oxygen atoms in total. The number of rotatable bonds is 4. The second kappa shape index (κ2) is 7.28. The van der Waals surface area contributed by atoms with Gasteiger partial charge in [0, 0.05) is 37.4 Å². The van der Waals surface area contributed by atoms with Gasteiger partial charge in [-0.25, -0.2) is 0 Å². The first-order valence-electron chi connectivity index (χ1n) is 9.36. The van der Waals surface area contributed by atoms with Crippen molar-refractivity contribution >= 4 is 16.8 Å². The van der Waals surface area contributed by atoms with E-state index >= 15 is 0 Å². The van der Waals surface area contributed by atoms with E-state index in [4.69, 9.17) is 0 Å². The van der Waals surface area contributed by atoms with Gasteiger partial charge in [0.15, 0.2) is 0 Å². The molecule has 1 aliphatic rings. The molecule has 0 unspecified atom stereocenters. The molecule has 3 aromatic rings. The minimum absolute atomic E-state index is 0.199. The lowest BCUT2D eigenvalue weighted by Gasteiger charge is -2.31. The molecule has 1 fully saturated rings. The Balaban J connectivity index is 1.36.